The normalized spacial score (nSPS) is 12.6. The number of hydrogen-bond acceptors (Lipinski definition) is 4. The molecule has 0 radical (unpaired) electrons. The number of aliphatic hydroxyl groups is 4. The van der Waals surface area contributed by atoms with E-state index in [1.165, 1.54) is 0 Å². The molecule has 24 heavy (non-hydrogen) atoms. The van der Waals surface area contributed by atoms with Gasteiger partial charge in [0.05, 0.1) is 31.2 Å². The smallest absolute Gasteiger partial charge is 0.253 e. The fraction of sp³-hybridized carbons (Fsp3) is 0.143. The maximum absolute atomic E-state index is 10.4. The first-order chi connectivity index (χ1) is 10.9. The molecule has 0 aliphatic carbocycles. The molecule has 2 aromatic rings. The number of rotatable bonds is 3. The Kier molecular flexibility index (Phi) is 5.90. The van der Waals surface area contributed by atoms with Crippen LogP contribution < -0.4 is 0 Å². The van der Waals surface area contributed by atoms with Crippen molar-refractivity contribution in [3.05, 3.63) is 65.5 Å². The van der Waals surface area contributed by atoms with Crippen molar-refractivity contribution in [3.8, 4) is 0 Å². The Morgan fingerprint density at radius 3 is 0.917 bits per heavy atom. The molecular formula is C14H8Cl6O4. The molecule has 0 saturated heterocycles. The van der Waals surface area contributed by atoms with E-state index in [9.17, 15) is 20.4 Å². The summed E-state index contributed by atoms with van der Waals surface area (Å²) in [5, 5.41) is 40.7. The van der Waals surface area contributed by atoms with Gasteiger partial charge in [-0.25, -0.2) is 0 Å². The van der Waals surface area contributed by atoms with Gasteiger partial charge in [0.15, 0.2) is 0 Å². The van der Waals surface area contributed by atoms with E-state index in [-0.39, 0.29) is 30.1 Å². The monoisotopic (exact) mass is 450 g/mol. The molecule has 0 atom stereocenters. The molecule has 0 aliphatic heterocycles. The van der Waals surface area contributed by atoms with E-state index < -0.39 is 22.7 Å². The predicted molar refractivity (Wildman–Crippen MR) is 95.2 cm³/mol. The Morgan fingerprint density at radius 1 is 0.500 bits per heavy atom. The van der Waals surface area contributed by atoms with Crippen LogP contribution in [0, 0.1) is 0 Å². The van der Waals surface area contributed by atoms with E-state index >= 15 is 0 Å². The lowest BCUT2D eigenvalue weighted by atomic mass is 9.90. The van der Waals surface area contributed by atoms with Gasteiger partial charge in [0.1, 0.15) is 0 Å². The summed E-state index contributed by atoms with van der Waals surface area (Å²) >= 11 is 35.2. The molecule has 0 fully saturated rings. The molecule has 0 spiro atoms. The van der Waals surface area contributed by atoms with Crippen molar-refractivity contribution < 1.29 is 20.4 Å². The Balaban J connectivity index is 2.73. The van der Waals surface area contributed by atoms with Crippen LogP contribution in [-0.2, 0) is 11.6 Å². The quantitative estimate of drug-likeness (QED) is 0.514. The number of benzene rings is 2. The summed E-state index contributed by atoms with van der Waals surface area (Å²) in [5.74, 6) is -6.76. The molecule has 0 aliphatic rings. The van der Waals surface area contributed by atoms with E-state index in [1.54, 1.807) is 0 Å². The van der Waals surface area contributed by atoms with Crippen molar-refractivity contribution in [2.45, 2.75) is 11.6 Å². The van der Waals surface area contributed by atoms with Crippen LogP contribution in [0.25, 0.3) is 0 Å². The molecule has 0 unspecified atom stereocenters. The van der Waals surface area contributed by atoms with E-state index in [1.807, 2.05) is 0 Å². The fourth-order valence-corrected chi connectivity index (χ4v) is 4.26. The summed E-state index contributed by atoms with van der Waals surface area (Å²) in [6, 6.07) is 4.58. The van der Waals surface area contributed by atoms with E-state index in [0.717, 1.165) is 24.3 Å². The average molecular weight is 453 g/mol. The first-order valence-electron chi connectivity index (χ1n) is 6.09. The minimum Gasteiger partial charge on any atom is -0.357 e. The van der Waals surface area contributed by atoms with Gasteiger partial charge in [-0.3, -0.25) is 0 Å². The number of halogens is 6. The summed E-state index contributed by atoms with van der Waals surface area (Å²) in [5.41, 5.74) is -1.19. The van der Waals surface area contributed by atoms with Crippen LogP contribution in [0.1, 0.15) is 11.1 Å². The molecule has 4 nitrogen and oxygen atoms in total. The van der Waals surface area contributed by atoms with Crippen molar-refractivity contribution in [1.82, 2.24) is 0 Å². The zero-order chi connectivity index (χ0) is 18.4. The highest BCUT2D eigenvalue weighted by Gasteiger charge is 2.54. The zero-order valence-electron chi connectivity index (χ0n) is 11.4. The summed E-state index contributed by atoms with van der Waals surface area (Å²) in [4.78, 5) is 0. The fourth-order valence-electron chi connectivity index (χ4n) is 2.10. The Hall–Kier alpha value is 0.0200. The van der Waals surface area contributed by atoms with Crippen LogP contribution in [0.3, 0.4) is 0 Å². The third kappa shape index (κ3) is 3.46. The number of hydrogen-bond donors (Lipinski definition) is 4. The minimum atomic E-state index is -3.38. The second-order valence-corrected chi connectivity index (χ2v) is 7.33. The third-order valence-electron chi connectivity index (χ3n) is 3.20. The van der Waals surface area contributed by atoms with Crippen LogP contribution >= 0.6 is 69.6 Å². The Labute approximate surface area is 166 Å². The first-order valence-corrected chi connectivity index (χ1v) is 8.36. The maximum Gasteiger partial charge on any atom is 0.253 e. The highest BCUT2D eigenvalue weighted by Crippen LogP contribution is 2.47. The largest absolute Gasteiger partial charge is 0.357 e. The van der Waals surface area contributed by atoms with Crippen LogP contribution in [0.2, 0.25) is 30.1 Å². The van der Waals surface area contributed by atoms with Crippen molar-refractivity contribution in [2.24, 2.45) is 0 Å². The molecule has 10 heteroatoms. The zero-order valence-corrected chi connectivity index (χ0v) is 15.9. The average Bonchev–Trinajstić information content (AvgIpc) is 2.34. The van der Waals surface area contributed by atoms with Gasteiger partial charge in [-0.15, -0.1) is 0 Å². The minimum absolute atomic E-state index is 0.105. The summed E-state index contributed by atoms with van der Waals surface area (Å²) in [7, 11) is 0. The molecular weight excluding hydrogens is 445 g/mol. The molecule has 0 heterocycles. The topological polar surface area (TPSA) is 80.9 Å². The highest BCUT2D eigenvalue weighted by atomic mass is 35.5. The predicted octanol–water partition coefficient (Wildman–Crippen LogP) is 4.58. The Bertz CT molecular complexity index is 692. The van der Waals surface area contributed by atoms with Crippen molar-refractivity contribution in [1.29, 1.82) is 0 Å². The van der Waals surface area contributed by atoms with Crippen LogP contribution in [0.4, 0.5) is 0 Å². The second kappa shape index (κ2) is 6.97. The van der Waals surface area contributed by atoms with Gasteiger partial charge in [-0.05, 0) is 24.3 Å². The summed E-state index contributed by atoms with van der Waals surface area (Å²) in [6.07, 6.45) is 0. The van der Waals surface area contributed by atoms with Crippen molar-refractivity contribution >= 4 is 69.6 Å². The first kappa shape index (κ1) is 20.3. The molecule has 4 N–H and O–H groups in total. The molecule has 0 aromatic heterocycles. The summed E-state index contributed by atoms with van der Waals surface area (Å²) in [6.45, 7) is 0. The molecule has 0 saturated carbocycles. The van der Waals surface area contributed by atoms with Gasteiger partial charge in [0, 0.05) is 10.0 Å². The van der Waals surface area contributed by atoms with Gasteiger partial charge in [-0.1, -0.05) is 69.6 Å². The lowest BCUT2D eigenvalue weighted by Gasteiger charge is -2.37. The molecule has 130 valence electrons. The lowest BCUT2D eigenvalue weighted by molar-refractivity contribution is -0.375. The van der Waals surface area contributed by atoms with Gasteiger partial charge in [0.25, 0.3) is 11.6 Å². The van der Waals surface area contributed by atoms with Crippen LogP contribution in [-0.4, -0.2) is 20.4 Å². The van der Waals surface area contributed by atoms with Gasteiger partial charge in [0.2, 0.25) is 0 Å². The van der Waals surface area contributed by atoms with Crippen molar-refractivity contribution in [2.75, 3.05) is 0 Å². The van der Waals surface area contributed by atoms with Crippen LogP contribution in [0.15, 0.2) is 24.3 Å². The molecule has 2 aromatic carbocycles. The molecule has 2 rings (SSSR count). The standard InChI is InChI=1S/C14H8Cl6O4/c15-5-1-7(17)11(8(18)2-5)13(21,22)14(23,24)12-9(19)3-6(16)4-10(12)20/h1-4,21-24H. The van der Waals surface area contributed by atoms with Gasteiger partial charge in [-0.2, -0.15) is 0 Å². The van der Waals surface area contributed by atoms with Crippen molar-refractivity contribution in [3.63, 3.8) is 0 Å². The van der Waals surface area contributed by atoms with Gasteiger partial charge >= 0.3 is 0 Å². The maximum atomic E-state index is 10.4. The second-order valence-electron chi connectivity index (χ2n) is 4.83. The van der Waals surface area contributed by atoms with E-state index in [0.29, 0.717) is 0 Å². The highest BCUT2D eigenvalue weighted by molar-refractivity contribution is 6.40. The summed E-state index contributed by atoms with van der Waals surface area (Å²) < 4.78 is 0. The Morgan fingerprint density at radius 2 is 0.708 bits per heavy atom. The van der Waals surface area contributed by atoms with Crippen LogP contribution in [0.5, 0.6) is 0 Å². The SMILES string of the molecule is OC(O)(c1c(Cl)cc(Cl)cc1Cl)C(O)(O)c1c(Cl)cc(Cl)cc1Cl. The molecule has 0 bridgehead atoms. The molecule has 0 amide bonds. The third-order valence-corrected chi connectivity index (χ3v) is 4.83. The van der Waals surface area contributed by atoms with E-state index in [2.05, 4.69) is 0 Å². The van der Waals surface area contributed by atoms with Gasteiger partial charge < -0.3 is 20.4 Å². The lowest BCUT2D eigenvalue weighted by Crippen LogP contribution is -2.50. The van der Waals surface area contributed by atoms with E-state index in [4.69, 9.17) is 69.6 Å².